The van der Waals surface area contributed by atoms with Gasteiger partial charge in [-0.2, -0.15) is 10.2 Å². The van der Waals surface area contributed by atoms with Gasteiger partial charge in [0.05, 0.1) is 36.6 Å². The molecule has 0 radical (unpaired) electrons. The molecule has 3 aromatic heterocycles. The molecule has 192 valence electrons. The summed E-state index contributed by atoms with van der Waals surface area (Å²) in [7, 11) is 0. The number of ketones is 1. The van der Waals surface area contributed by atoms with Gasteiger partial charge in [-0.3, -0.25) is 9.48 Å². The second-order valence-corrected chi connectivity index (χ2v) is 10.4. The number of likely N-dealkylation sites (tertiary alicyclic amines) is 1. The second-order valence-electron chi connectivity index (χ2n) is 10.4. The molecule has 0 saturated carbocycles. The van der Waals surface area contributed by atoms with Crippen LogP contribution in [0.1, 0.15) is 67.2 Å². The fourth-order valence-electron chi connectivity index (χ4n) is 5.78. The van der Waals surface area contributed by atoms with Gasteiger partial charge in [0.15, 0.2) is 11.4 Å². The summed E-state index contributed by atoms with van der Waals surface area (Å²) in [6.45, 7) is 7.59. The average molecular weight is 500 g/mol. The van der Waals surface area contributed by atoms with E-state index >= 15 is 0 Å². The van der Waals surface area contributed by atoms with Gasteiger partial charge in [-0.05, 0) is 39.2 Å². The smallest absolute Gasteiger partial charge is 0.282 e. The summed E-state index contributed by atoms with van der Waals surface area (Å²) in [5, 5.41) is 8.50. The Balaban J connectivity index is 1.23. The number of nitrogens with zero attached hydrogens (tertiary/aromatic N) is 7. The van der Waals surface area contributed by atoms with E-state index in [4.69, 9.17) is 9.72 Å². The van der Waals surface area contributed by atoms with Gasteiger partial charge < -0.3 is 14.5 Å². The number of morpholine rings is 1. The van der Waals surface area contributed by atoms with E-state index in [2.05, 4.69) is 33.8 Å². The molecule has 6 rings (SSSR count). The third kappa shape index (κ3) is 4.17. The van der Waals surface area contributed by atoms with Crippen LogP contribution >= 0.6 is 0 Å². The topological polar surface area (TPSA) is 80.8 Å². The number of rotatable bonds is 7. The van der Waals surface area contributed by atoms with Crippen molar-refractivity contribution in [1.82, 2.24) is 29.3 Å². The van der Waals surface area contributed by atoms with Crippen LogP contribution in [0.5, 0.6) is 0 Å². The van der Waals surface area contributed by atoms with Crippen molar-refractivity contribution in [2.24, 2.45) is 0 Å². The van der Waals surface area contributed by atoms with Crippen molar-refractivity contribution in [3.05, 3.63) is 41.5 Å². The Hall–Kier alpha value is -2.92. The first kappa shape index (κ1) is 23.5. The minimum absolute atomic E-state index is 0.0577. The summed E-state index contributed by atoms with van der Waals surface area (Å²) in [4.78, 5) is 22.6. The van der Waals surface area contributed by atoms with Gasteiger partial charge in [0, 0.05) is 50.1 Å². The molecule has 3 aromatic rings. The standard InChI is InChI=1S/C25H31F2N7O2/c1-15(2)31-6-3-17(4-7-31)34-12-16(23(30-34)24(26)27)9-21(35)20-11-28-33-8-5-22(29-25(20)33)32-13-19-10-18(32)14-36-19/h5,8,11-12,15,17-19,24H,3-4,6-7,9-10,13-14H2,1-2H3/t18-,19-/m1/s1. The van der Waals surface area contributed by atoms with Crippen molar-refractivity contribution in [3.63, 3.8) is 0 Å². The predicted molar refractivity (Wildman–Crippen MR) is 129 cm³/mol. The molecule has 3 aliphatic heterocycles. The van der Waals surface area contributed by atoms with Crippen LogP contribution in [0, 0.1) is 0 Å². The Morgan fingerprint density at radius 3 is 2.69 bits per heavy atom. The Morgan fingerprint density at radius 1 is 1.22 bits per heavy atom. The molecule has 0 N–H and O–H groups in total. The lowest BCUT2D eigenvalue weighted by Gasteiger charge is -2.34. The first-order valence-electron chi connectivity index (χ1n) is 12.7. The highest BCUT2D eigenvalue weighted by atomic mass is 19.3. The van der Waals surface area contributed by atoms with E-state index in [0.29, 0.717) is 29.9 Å². The number of carbonyl (C=O) groups is 1. The molecule has 2 bridgehead atoms. The van der Waals surface area contributed by atoms with E-state index in [1.807, 2.05) is 6.07 Å². The number of hydrogen-bond acceptors (Lipinski definition) is 7. The zero-order valence-electron chi connectivity index (χ0n) is 20.6. The van der Waals surface area contributed by atoms with Crippen LogP contribution in [0.25, 0.3) is 5.65 Å². The van der Waals surface area contributed by atoms with E-state index in [9.17, 15) is 13.6 Å². The zero-order chi connectivity index (χ0) is 25.0. The summed E-state index contributed by atoms with van der Waals surface area (Å²) in [5.74, 6) is 0.485. The van der Waals surface area contributed by atoms with Crippen molar-refractivity contribution < 1.29 is 18.3 Å². The highest BCUT2D eigenvalue weighted by Crippen LogP contribution is 2.32. The van der Waals surface area contributed by atoms with Gasteiger partial charge in [-0.25, -0.2) is 18.3 Å². The van der Waals surface area contributed by atoms with Crippen molar-refractivity contribution in [1.29, 1.82) is 0 Å². The van der Waals surface area contributed by atoms with Crippen LogP contribution < -0.4 is 4.90 Å². The fourth-order valence-corrected chi connectivity index (χ4v) is 5.78. The second kappa shape index (κ2) is 9.19. The third-order valence-electron chi connectivity index (χ3n) is 7.85. The summed E-state index contributed by atoms with van der Waals surface area (Å²) in [6.07, 6.45) is 4.89. The minimum atomic E-state index is -2.74. The molecule has 11 heteroatoms. The van der Waals surface area contributed by atoms with E-state index < -0.39 is 6.43 Å². The van der Waals surface area contributed by atoms with Crippen molar-refractivity contribution >= 4 is 17.2 Å². The molecule has 2 atom stereocenters. The molecule has 0 aliphatic carbocycles. The van der Waals surface area contributed by atoms with E-state index in [1.54, 1.807) is 21.6 Å². The SMILES string of the molecule is CC(C)N1CCC(n2cc(CC(=O)c3cnn4ccc(N5C[C@H]6C[C@@H]5CO6)nc34)c(C(F)F)n2)CC1. The Bertz CT molecular complexity index is 1260. The van der Waals surface area contributed by atoms with Gasteiger partial charge >= 0.3 is 0 Å². The maximum Gasteiger partial charge on any atom is 0.282 e. The number of aromatic nitrogens is 5. The molecule has 0 amide bonds. The largest absolute Gasteiger partial charge is 0.374 e. The fraction of sp³-hybridized carbons (Fsp3) is 0.600. The Labute approximate surface area is 208 Å². The van der Waals surface area contributed by atoms with Gasteiger partial charge in [-0.15, -0.1) is 0 Å². The molecule has 6 heterocycles. The molecule has 0 unspecified atom stereocenters. The number of piperidine rings is 1. The molecule has 9 nitrogen and oxygen atoms in total. The maximum atomic E-state index is 13.9. The first-order chi connectivity index (χ1) is 17.4. The number of alkyl halides is 2. The number of halogens is 2. The van der Waals surface area contributed by atoms with E-state index in [1.165, 1.54) is 6.20 Å². The third-order valence-corrected chi connectivity index (χ3v) is 7.85. The van der Waals surface area contributed by atoms with Crippen molar-refractivity contribution in [2.75, 3.05) is 31.1 Å². The van der Waals surface area contributed by atoms with Gasteiger partial charge in [0.2, 0.25) is 0 Å². The predicted octanol–water partition coefficient (Wildman–Crippen LogP) is 3.31. The quantitative estimate of drug-likeness (QED) is 0.462. The van der Waals surface area contributed by atoms with Crippen LogP contribution in [0.4, 0.5) is 14.6 Å². The number of Topliss-reactive ketones (excluding diaryl/α,β-unsaturated/α-hetero) is 1. The Morgan fingerprint density at radius 2 is 2.03 bits per heavy atom. The summed E-state index contributed by atoms with van der Waals surface area (Å²) in [5.41, 5.74) is 0.725. The first-order valence-corrected chi connectivity index (χ1v) is 12.7. The minimum Gasteiger partial charge on any atom is -0.374 e. The molecule has 0 aromatic carbocycles. The van der Waals surface area contributed by atoms with Gasteiger partial charge in [0.25, 0.3) is 6.43 Å². The number of anilines is 1. The van der Waals surface area contributed by atoms with Crippen LogP contribution in [-0.2, 0) is 11.2 Å². The normalized spacial score (nSPS) is 23.1. The van der Waals surface area contributed by atoms with Gasteiger partial charge in [0.1, 0.15) is 11.5 Å². The lowest BCUT2D eigenvalue weighted by molar-refractivity contribution is 0.0985. The highest BCUT2D eigenvalue weighted by Gasteiger charge is 2.39. The molecule has 3 aliphatic rings. The van der Waals surface area contributed by atoms with Crippen molar-refractivity contribution in [3.8, 4) is 0 Å². The average Bonchev–Trinajstić information content (AvgIpc) is 3.66. The molecule has 3 saturated heterocycles. The summed E-state index contributed by atoms with van der Waals surface area (Å²) in [6, 6.07) is 2.70. The zero-order valence-corrected chi connectivity index (χ0v) is 20.6. The number of carbonyl (C=O) groups excluding carboxylic acids is 1. The molecule has 36 heavy (non-hydrogen) atoms. The van der Waals surface area contributed by atoms with Crippen LogP contribution in [-0.4, -0.2) is 79.5 Å². The summed E-state index contributed by atoms with van der Waals surface area (Å²) >= 11 is 0. The molecular weight excluding hydrogens is 468 g/mol. The molecular formula is C25H31F2N7O2. The number of hydrogen-bond donors (Lipinski definition) is 0. The van der Waals surface area contributed by atoms with E-state index in [0.717, 1.165) is 44.7 Å². The highest BCUT2D eigenvalue weighted by molar-refractivity contribution is 6.02. The maximum absolute atomic E-state index is 13.9. The Kier molecular flexibility index (Phi) is 5.99. The van der Waals surface area contributed by atoms with Crippen LogP contribution in [0.3, 0.4) is 0 Å². The monoisotopic (exact) mass is 499 g/mol. The lowest BCUT2D eigenvalue weighted by Crippen LogP contribution is -2.39. The lowest BCUT2D eigenvalue weighted by atomic mass is 10.0. The van der Waals surface area contributed by atoms with Crippen LogP contribution in [0.15, 0.2) is 24.7 Å². The number of ether oxygens (including phenoxy) is 1. The van der Waals surface area contributed by atoms with Crippen LogP contribution in [0.2, 0.25) is 0 Å². The summed E-state index contributed by atoms with van der Waals surface area (Å²) < 4.78 is 36.7. The number of fused-ring (bicyclic) bond motifs is 3. The van der Waals surface area contributed by atoms with Crippen molar-refractivity contribution in [2.45, 2.75) is 70.2 Å². The molecule has 0 spiro atoms. The van der Waals surface area contributed by atoms with Gasteiger partial charge in [-0.1, -0.05) is 0 Å². The molecule has 3 fully saturated rings. The van der Waals surface area contributed by atoms with E-state index in [-0.39, 0.29) is 35.6 Å².